The van der Waals surface area contributed by atoms with Crippen LogP contribution >= 0.6 is 11.3 Å². The molecule has 0 aliphatic carbocycles. The SMILES string of the molecule is CCN(CC)C(=O)C1=C(C)N=c2s/c(=C/c3ccc(OCC#N)c(OC)c3)c(=O)n2[C@@H]1c1cc(OC)ccc1OC. The van der Waals surface area contributed by atoms with E-state index in [4.69, 9.17) is 29.2 Å². The molecule has 0 saturated carbocycles. The minimum absolute atomic E-state index is 0.115. The van der Waals surface area contributed by atoms with Gasteiger partial charge >= 0.3 is 0 Å². The molecule has 0 fully saturated rings. The number of nitrogens with zero attached hydrogens (tertiary/aromatic N) is 4. The van der Waals surface area contributed by atoms with Crippen LogP contribution in [-0.4, -0.2) is 56.4 Å². The Hall–Kier alpha value is -4.56. The summed E-state index contributed by atoms with van der Waals surface area (Å²) in [5.74, 6) is 1.75. The molecule has 2 aromatic carbocycles. The van der Waals surface area contributed by atoms with E-state index in [9.17, 15) is 9.59 Å². The first-order valence-corrected chi connectivity index (χ1v) is 13.8. The number of methoxy groups -OCH3 is 3. The van der Waals surface area contributed by atoms with Gasteiger partial charge in [0.2, 0.25) is 0 Å². The fourth-order valence-electron chi connectivity index (χ4n) is 4.78. The molecule has 0 N–H and O–H groups in total. The third-order valence-corrected chi connectivity index (χ3v) is 7.79. The van der Waals surface area contributed by atoms with Crippen LogP contribution in [0.3, 0.4) is 0 Å². The lowest BCUT2D eigenvalue weighted by Crippen LogP contribution is -2.43. The summed E-state index contributed by atoms with van der Waals surface area (Å²) in [5.41, 5.74) is 1.95. The van der Waals surface area contributed by atoms with Gasteiger partial charge in [-0.3, -0.25) is 14.2 Å². The minimum Gasteiger partial charge on any atom is -0.497 e. The van der Waals surface area contributed by atoms with Gasteiger partial charge in [0.15, 0.2) is 22.9 Å². The molecular weight excluding hydrogens is 544 g/mol. The highest BCUT2D eigenvalue weighted by molar-refractivity contribution is 7.07. The van der Waals surface area contributed by atoms with Crippen LogP contribution in [0.15, 0.2) is 57.5 Å². The van der Waals surface area contributed by atoms with Gasteiger partial charge in [-0.05, 0) is 62.7 Å². The van der Waals surface area contributed by atoms with Gasteiger partial charge in [0.25, 0.3) is 11.5 Å². The second-order valence-electron chi connectivity index (χ2n) is 9.02. The van der Waals surface area contributed by atoms with Crippen LogP contribution in [0, 0.1) is 11.3 Å². The quantitative estimate of drug-likeness (QED) is 0.364. The van der Waals surface area contributed by atoms with Gasteiger partial charge in [0, 0.05) is 18.7 Å². The van der Waals surface area contributed by atoms with Crippen molar-refractivity contribution in [2.75, 3.05) is 41.0 Å². The van der Waals surface area contributed by atoms with Gasteiger partial charge in [0.05, 0.1) is 37.1 Å². The number of benzene rings is 2. The van der Waals surface area contributed by atoms with E-state index in [1.807, 2.05) is 19.9 Å². The van der Waals surface area contributed by atoms with Crippen molar-refractivity contribution in [1.29, 1.82) is 5.26 Å². The minimum atomic E-state index is -0.789. The lowest BCUT2D eigenvalue weighted by molar-refractivity contribution is -0.127. The Kier molecular flexibility index (Phi) is 9.14. The zero-order valence-corrected chi connectivity index (χ0v) is 24.7. The zero-order chi connectivity index (χ0) is 29.7. The standard InChI is InChI=1S/C30H32N4O6S/c1-7-33(8-2)29(36)26-18(3)32-30-34(27(26)21-17-20(37-4)10-12-22(21)38-5)28(35)25(41-30)16-19-9-11-23(40-14-13-31)24(15-19)39-6/h9-12,15-17,27H,7-8,14H2,1-6H3/b25-16+/t27-/m1/s1. The molecule has 1 aliphatic heterocycles. The lowest BCUT2D eigenvalue weighted by atomic mass is 9.93. The van der Waals surface area contributed by atoms with Gasteiger partial charge in [-0.15, -0.1) is 0 Å². The number of carbonyl (C=O) groups excluding carboxylic acids is 1. The summed E-state index contributed by atoms with van der Waals surface area (Å²) in [6.45, 7) is 6.52. The van der Waals surface area contributed by atoms with Crippen molar-refractivity contribution in [2.24, 2.45) is 4.99 Å². The Labute approximate surface area is 242 Å². The number of aromatic nitrogens is 1. The highest BCUT2D eigenvalue weighted by Gasteiger charge is 2.36. The van der Waals surface area contributed by atoms with Crippen molar-refractivity contribution in [3.8, 4) is 29.1 Å². The number of ether oxygens (including phenoxy) is 4. The number of thiazole rings is 1. The number of likely N-dealkylation sites (N-methyl/N-ethyl adjacent to an activating group) is 1. The number of rotatable bonds is 10. The molecule has 1 aliphatic rings. The average molecular weight is 577 g/mol. The third kappa shape index (κ3) is 5.69. The average Bonchev–Trinajstić information content (AvgIpc) is 3.29. The summed E-state index contributed by atoms with van der Waals surface area (Å²) in [7, 11) is 4.62. The van der Waals surface area contributed by atoms with Gasteiger partial charge < -0.3 is 23.8 Å². The summed E-state index contributed by atoms with van der Waals surface area (Å²) in [4.78, 5) is 34.8. The largest absolute Gasteiger partial charge is 0.497 e. The van der Waals surface area contributed by atoms with Crippen molar-refractivity contribution in [1.82, 2.24) is 9.47 Å². The van der Waals surface area contributed by atoms with Crippen LogP contribution in [0.1, 0.15) is 37.9 Å². The molecule has 4 rings (SSSR count). The second-order valence-corrected chi connectivity index (χ2v) is 10.0. The number of allylic oxidation sites excluding steroid dienone is 1. The van der Waals surface area contributed by atoms with Crippen LogP contribution < -0.4 is 33.8 Å². The van der Waals surface area contributed by atoms with E-state index in [2.05, 4.69) is 0 Å². The fourth-order valence-corrected chi connectivity index (χ4v) is 5.82. The normalized spacial score (nSPS) is 14.6. The topological polar surface area (TPSA) is 115 Å². The number of hydrogen-bond acceptors (Lipinski definition) is 9. The summed E-state index contributed by atoms with van der Waals surface area (Å²) in [6.07, 6.45) is 1.74. The highest BCUT2D eigenvalue weighted by atomic mass is 32.1. The molecular formula is C30H32N4O6S. The van der Waals surface area contributed by atoms with E-state index in [0.29, 0.717) is 67.8 Å². The molecule has 41 heavy (non-hydrogen) atoms. The zero-order valence-electron chi connectivity index (χ0n) is 23.9. The summed E-state index contributed by atoms with van der Waals surface area (Å²) < 4.78 is 24.0. The van der Waals surface area contributed by atoms with Crippen LogP contribution in [0.5, 0.6) is 23.0 Å². The fraction of sp³-hybridized carbons (Fsp3) is 0.333. The molecule has 0 unspecified atom stereocenters. The molecule has 0 bridgehead atoms. The van der Waals surface area contributed by atoms with Crippen molar-refractivity contribution < 1.29 is 23.7 Å². The number of nitriles is 1. The molecule has 10 nitrogen and oxygen atoms in total. The molecule has 2 heterocycles. The molecule has 3 aromatic rings. The first kappa shape index (κ1) is 29.4. The van der Waals surface area contributed by atoms with E-state index >= 15 is 0 Å². The summed E-state index contributed by atoms with van der Waals surface area (Å²) in [6, 6.07) is 11.7. The molecule has 0 spiro atoms. The first-order valence-electron chi connectivity index (χ1n) is 13.0. The molecule has 1 atom stereocenters. The van der Waals surface area contributed by atoms with Gasteiger partial charge in [-0.1, -0.05) is 17.4 Å². The van der Waals surface area contributed by atoms with Crippen molar-refractivity contribution in [3.05, 3.63) is 78.5 Å². The Bertz CT molecular complexity index is 1710. The number of hydrogen-bond donors (Lipinski definition) is 0. The second kappa shape index (κ2) is 12.7. The van der Waals surface area contributed by atoms with Crippen molar-refractivity contribution in [2.45, 2.75) is 26.8 Å². The number of amides is 1. The maximum atomic E-state index is 14.1. The Morgan fingerprint density at radius 1 is 1.07 bits per heavy atom. The molecule has 0 radical (unpaired) electrons. The Morgan fingerprint density at radius 3 is 2.41 bits per heavy atom. The highest BCUT2D eigenvalue weighted by Crippen LogP contribution is 2.38. The monoisotopic (exact) mass is 576 g/mol. The van der Waals surface area contributed by atoms with Gasteiger partial charge in [0.1, 0.15) is 23.6 Å². The predicted octanol–water partition coefficient (Wildman–Crippen LogP) is 3.03. The predicted molar refractivity (Wildman–Crippen MR) is 155 cm³/mol. The lowest BCUT2D eigenvalue weighted by Gasteiger charge is -2.30. The number of fused-ring (bicyclic) bond motifs is 1. The van der Waals surface area contributed by atoms with Crippen molar-refractivity contribution in [3.63, 3.8) is 0 Å². The maximum absolute atomic E-state index is 14.1. The Morgan fingerprint density at radius 2 is 1.78 bits per heavy atom. The maximum Gasteiger partial charge on any atom is 0.271 e. The smallest absolute Gasteiger partial charge is 0.271 e. The van der Waals surface area contributed by atoms with Gasteiger partial charge in [-0.2, -0.15) is 5.26 Å². The van der Waals surface area contributed by atoms with E-state index in [1.165, 1.54) is 18.4 Å². The summed E-state index contributed by atoms with van der Waals surface area (Å²) in [5, 5.41) is 8.84. The van der Waals surface area contributed by atoms with E-state index in [1.54, 1.807) is 73.1 Å². The van der Waals surface area contributed by atoms with Crippen LogP contribution in [0.2, 0.25) is 0 Å². The molecule has 11 heteroatoms. The molecule has 214 valence electrons. The molecule has 0 saturated heterocycles. The van der Waals surface area contributed by atoms with E-state index in [-0.39, 0.29) is 18.1 Å². The van der Waals surface area contributed by atoms with Crippen LogP contribution in [0.25, 0.3) is 6.08 Å². The van der Waals surface area contributed by atoms with E-state index in [0.717, 1.165) is 0 Å². The van der Waals surface area contributed by atoms with Gasteiger partial charge in [-0.25, -0.2) is 4.99 Å². The first-order chi connectivity index (χ1) is 19.8. The summed E-state index contributed by atoms with van der Waals surface area (Å²) >= 11 is 1.23. The van der Waals surface area contributed by atoms with Crippen LogP contribution in [-0.2, 0) is 4.79 Å². The van der Waals surface area contributed by atoms with E-state index < -0.39 is 6.04 Å². The van der Waals surface area contributed by atoms with Crippen molar-refractivity contribution >= 4 is 23.3 Å². The molecule has 1 aromatic heterocycles. The third-order valence-electron chi connectivity index (χ3n) is 6.81. The number of carbonyl (C=O) groups is 1. The van der Waals surface area contributed by atoms with Crippen LogP contribution in [0.4, 0.5) is 0 Å². The Balaban J connectivity index is 1.96. The molecule has 1 amide bonds.